The number of amides is 2. The zero-order chi connectivity index (χ0) is 27.4. The van der Waals surface area contributed by atoms with E-state index in [1.807, 2.05) is 30.9 Å². The van der Waals surface area contributed by atoms with Gasteiger partial charge < -0.3 is 19.4 Å². The third kappa shape index (κ3) is 6.15. The molecule has 0 spiro atoms. The molecule has 0 bridgehead atoms. The highest BCUT2D eigenvalue weighted by Gasteiger charge is 2.44. The highest BCUT2D eigenvalue weighted by atomic mass is 35.5. The fraction of sp³-hybridized carbons (Fsp3) is 0.586. The SMILES string of the molecule is CCC(C)OC(=O)N(C)[C@@H]1CN(C(=O)C2CCN(c3ccc(C#N)cn3)CC2)CC1C1=CC=C(Cl)CC1C. The Hall–Kier alpha value is -3.05. The molecule has 2 amide bonds. The Morgan fingerprint density at radius 3 is 2.61 bits per heavy atom. The Balaban J connectivity index is 1.46. The van der Waals surface area contributed by atoms with Gasteiger partial charge in [-0.3, -0.25) is 4.79 Å². The van der Waals surface area contributed by atoms with Crippen molar-refractivity contribution in [3.8, 4) is 6.07 Å². The van der Waals surface area contributed by atoms with E-state index in [9.17, 15) is 9.59 Å². The standard InChI is InChI=1S/C29H38ClN5O3/c1-5-20(3)38-29(37)33(4)26-18-35(17-25(26)24-8-7-23(30)14-19(24)2)28(36)22-10-12-34(13-11-22)27-9-6-21(15-31)16-32-27/h6-9,16,19-20,22,25-26H,5,10-14,17-18H2,1-4H3/t19?,20?,25?,26-/m1/s1. The Labute approximate surface area is 230 Å². The van der Waals surface area contributed by atoms with Gasteiger partial charge in [0.1, 0.15) is 18.0 Å². The Bertz CT molecular complexity index is 1120. The molecule has 0 saturated carbocycles. The summed E-state index contributed by atoms with van der Waals surface area (Å²) in [6, 6.07) is 5.58. The molecular weight excluding hydrogens is 502 g/mol. The lowest BCUT2D eigenvalue weighted by molar-refractivity contribution is -0.135. The number of aromatic nitrogens is 1. The molecule has 4 rings (SSSR count). The molecule has 2 aliphatic heterocycles. The number of hydrogen-bond donors (Lipinski definition) is 0. The number of nitriles is 1. The molecule has 3 unspecified atom stereocenters. The van der Waals surface area contributed by atoms with E-state index >= 15 is 0 Å². The fourth-order valence-corrected chi connectivity index (χ4v) is 6.03. The van der Waals surface area contributed by atoms with Crippen LogP contribution in [-0.4, -0.2) is 72.2 Å². The molecule has 1 aliphatic carbocycles. The molecule has 38 heavy (non-hydrogen) atoms. The largest absolute Gasteiger partial charge is 0.446 e. The molecule has 9 heteroatoms. The molecule has 4 atom stereocenters. The van der Waals surface area contributed by atoms with Crippen molar-refractivity contribution in [2.24, 2.45) is 17.8 Å². The summed E-state index contributed by atoms with van der Waals surface area (Å²) in [5.41, 5.74) is 1.77. The minimum Gasteiger partial charge on any atom is -0.446 e. The Morgan fingerprint density at radius 2 is 2.00 bits per heavy atom. The first-order valence-corrected chi connectivity index (χ1v) is 14.0. The summed E-state index contributed by atoms with van der Waals surface area (Å²) in [5.74, 6) is 1.21. The van der Waals surface area contributed by atoms with Crippen LogP contribution in [0.1, 0.15) is 52.0 Å². The number of rotatable bonds is 6. The first-order valence-electron chi connectivity index (χ1n) is 13.6. The highest BCUT2D eigenvalue weighted by Crippen LogP contribution is 2.38. The van der Waals surface area contributed by atoms with Crippen LogP contribution in [0.15, 0.2) is 41.1 Å². The maximum atomic E-state index is 13.7. The summed E-state index contributed by atoms with van der Waals surface area (Å²) in [5, 5.41) is 9.84. The molecule has 1 aromatic rings. The minimum absolute atomic E-state index is 0.0346. The van der Waals surface area contributed by atoms with Crippen molar-refractivity contribution in [2.45, 2.75) is 58.6 Å². The summed E-state index contributed by atoms with van der Waals surface area (Å²) in [6.07, 6.45) is 8.13. The maximum Gasteiger partial charge on any atom is 0.410 e. The van der Waals surface area contributed by atoms with Gasteiger partial charge in [-0.15, -0.1) is 0 Å². The lowest BCUT2D eigenvalue weighted by Gasteiger charge is -2.34. The van der Waals surface area contributed by atoms with E-state index in [4.69, 9.17) is 21.6 Å². The summed E-state index contributed by atoms with van der Waals surface area (Å²) in [6.45, 7) is 8.60. The molecule has 1 aromatic heterocycles. The second kappa shape index (κ2) is 12.2. The minimum atomic E-state index is -0.343. The summed E-state index contributed by atoms with van der Waals surface area (Å²) in [4.78, 5) is 36.9. The highest BCUT2D eigenvalue weighted by molar-refractivity contribution is 6.29. The summed E-state index contributed by atoms with van der Waals surface area (Å²) in [7, 11) is 1.79. The van der Waals surface area contributed by atoms with Crippen molar-refractivity contribution in [2.75, 3.05) is 38.1 Å². The van der Waals surface area contributed by atoms with Gasteiger partial charge in [-0.25, -0.2) is 9.78 Å². The second-order valence-corrected chi connectivity index (χ2v) is 11.3. The average molecular weight is 540 g/mol. The molecule has 0 N–H and O–H groups in total. The van der Waals surface area contributed by atoms with Crippen molar-refractivity contribution in [3.05, 3.63) is 46.7 Å². The first-order chi connectivity index (χ1) is 18.2. The van der Waals surface area contributed by atoms with Gasteiger partial charge in [0, 0.05) is 56.3 Å². The molecular formula is C29H38ClN5O3. The number of ether oxygens (including phenoxy) is 1. The predicted octanol–water partition coefficient (Wildman–Crippen LogP) is 4.95. The van der Waals surface area contributed by atoms with Crippen molar-refractivity contribution < 1.29 is 14.3 Å². The molecule has 3 heterocycles. The third-order valence-corrected chi connectivity index (χ3v) is 8.54. The van der Waals surface area contributed by atoms with Gasteiger partial charge in [0.15, 0.2) is 0 Å². The summed E-state index contributed by atoms with van der Waals surface area (Å²) >= 11 is 6.30. The van der Waals surface area contributed by atoms with Gasteiger partial charge in [-0.2, -0.15) is 5.26 Å². The zero-order valence-electron chi connectivity index (χ0n) is 22.8. The van der Waals surface area contributed by atoms with Crippen LogP contribution in [0, 0.1) is 29.1 Å². The van der Waals surface area contributed by atoms with Gasteiger partial charge in [0.2, 0.25) is 5.91 Å². The number of anilines is 1. The van der Waals surface area contributed by atoms with Gasteiger partial charge in [-0.1, -0.05) is 37.1 Å². The molecule has 2 fully saturated rings. The lowest BCUT2D eigenvalue weighted by atomic mass is 9.81. The molecule has 3 aliphatic rings. The molecule has 2 saturated heterocycles. The van der Waals surface area contributed by atoms with E-state index in [0.717, 1.165) is 49.6 Å². The van der Waals surface area contributed by atoms with E-state index in [1.54, 1.807) is 24.2 Å². The Morgan fingerprint density at radius 1 is 1.26 bits per heavy atom. The van der Waals surface area contributed by atoms with Crippen LogP contribution in [0.3, 0.4) is 0 Å². The van der Waals surface area contributed by atoms with Crippen molar-refractivity contribution in [1.29, 1.82) is 5.26 Å². The number of pyridine rings is 1. The van der Waals surface area contributed by atoms with Crippen LogP contribution in [0.5, 0.6) is 0 Å². The van der Waals surface area contributed by atoms with Gasteiger partial charge in [0.05, 0.1) is 11.6 Å². The molecule has 0 aromatic carbocycles. The monoisotopic (exact) mass is 539 g/mol. The number of hydrogen-bond acceptors (Lipinski definition) is 6. The number of carbonyl (C=O) groups is 2. The zero-order valence-corrected chi connectivity index (χ0v) is 23.5. The van der Waals surface area contributed by atoms with Crippen molar-refractivity contribution in [3.63, 3.8) is 0 Å². The van der Waals surface area contributed by atoms with Crippen LogP contribution in [0.4, 0.5) is 10.6 Å². The van der Waals surface area contributed by atoms with Gasteiger partial charge >= 0.3 is 6.09 Å². The van der Waals surface area contributed by atoms with E-state index in [1.165, 1.54) is 5.57 Å². The molecule has 8 nitrogen and oxygen atoms in total. The van der Waals surface area contributed by atoms with Crippen molar-refractivity contribution in [1.82, 2.24) is 14.8 Å². The Kier molecular flexibility index (Phi) is 8.99. The second-order valence-electron chi connectivity index (χ2n) is 10.8. The number of halogens is 1. The predicted molar refractivity (Wildman–Crippen MR) is 148 cm³/mol. The average Bonchev–Trinajstić information content (AvgIpc) is 3.37. The van der Waals surface area contributed by atoms with Crippen LogP contribution in [-0.2, 0) is 9.53 Å². The number of nitrogens with zero attached hydrogens (tertiary/aromatic N) is 5. The number of carbonyl (C=O) groups excluding carboxylic acids is 2. The summed E-state index contributed by atoms with van der Waals surface area (Å²) < 4.78 is 5.64. The van der Waals surface area contributed by atoms with E-state index in [-0.39, 0.29) is 41.9 Å². The van der Waals surface area contributed by atoms with Crippen LogP contribution >= 0.6 is 11.6 Å². The first kappa shape index (κ1) is 28.0. The number of piperidine rings is 1. The van der Waals surface area contributed by atoms with E-state index < -0.39 is 0 Å². The van der Waals surface area contributed by atoms with Gasteiger partial charge in [-0.05, 0) is 56.7 Å². The number of likely N-dealkylation sites (tertiary alicyclic amines) is 1. The lowest BCUT2D eigenvalue weighted by Crippen LogP contribution is -2.45. The smallest absolute Gasteiger partial charge is 0.410 e. The van der Waals surface area contributed by atoms with Crippen LogP contribution in [0.25, 0.3) is 0 Å². The quantitative estimate of drug-likeness (QED) is 0.508. The number of likely N-dealkylation sites (N-methyl/N-ethyl adjacent to an activating group) is 1. The van der Waals surface area contributed by atoms with Crippen molar-refractivity contribution >= 4 is 29.4 Å². The maximum absolute atomic E-state index is 13.7. The third-order valence-electron chi connectivity index (χ3n) is 8.26. The van der Waals surface area contributed by atoms with Crippen LogP contribution < -0.4 is 4.90 Å². The normalized spacial score (nSPS) is 24.8. The number of allylic oxidation sites excluding steroid dienone is 3. The van der Waals surface area contributed by atoms with Crippen LogP contribution in [0.2, 0.25) is 0 Å². The molecule has 0 radical (unpaired) electrons. The topological polar surface area (TPSA) is 89.8 Å². The van der Waals surface area contributed by atoms with Gasteiger partial charge in [0.25, 0.3) is 0 Å². The molecule has 204 valence electrons. The van der Waals surface area contributed by atoms with E-state index in [0.29, 0.717) is 18.7 Å². The fourth-order valence-electron chi connectivity index (χ4n) is 5.73. The van der Waals surface area contributed by atoms with E-state index in [2.05, 4.69) is 29.0 Å².